The highest BCUT2D eigenvalue weighted by atomic mass is 35.5. The number of amides is 1. The van der Waals surface area contributed by atoms with E-state index < -0.39 is 0 Å². The van der Waals surface area contributed by atoms with Crippen molar-refractivity contribution < 1.29 is 4.79 Å². The first-order valence-corrected chi connectivity index (χ1v) is 8.03. The van der Waals surface area contributed by atoms with Crippen LogP contribution in [0.1, 0.15) is 22.3 Å². The Hall–Kier alpha value is -1.84. The van der Waals surface area contributed by atoms with Gasteiger partial charge in [-0.15, -0.1) is 0 Å². The lowest BCUT2D eigenvalue weighted by Crippen LogP contribution is -2.30. The fourth-order valence-corrected chi connectivity index (χ4v) is 3.02. The van der Waals surface area contributed by atoms with E-state index in [0.717, 1.165) is 22.4 Å². The highest BCUT2D eigenvalue weighted by molar-refractivity contribution is 6.30. The number of likely N-dealkylation sites (N-methyl/N-ethyl adjacent to an activating group) is 1. The first-order chi connectivity index (χ1) is 10.8. The van der Waals surface area contributed by atoms with Crippen LogP contribution in [0.4, 0.5) is 5.69 Å². The Balaban J connectivity index is 1.97. The molecule has 0 fully saturated rings. The van der Waals surface area contributed by atoms with Crippen LogP contribution in [0.25, 0.3) is 0 Å². The molecule has 23 heavy (non-hydrogen) atoms. The van der Waals surface area contributed by atoms with E-state index in [1.54, 1.807) is 0 Å². The highest BCUT2D eigenvalue weighted by Gasteiger charge is 2.11. The Morgan fingerprint density at radius 2 is 1.78 bits per heavy atom. The van der Waals surface area contributed by atoms with Gasteiger partial charge >= 0.3 is 0 Å². The molecule has 0 bridgehead atoms. The topological polar surface area (TPSA) is 32.3 Å². The molecule has 0 atom stereocenters. The van der Waals surface area contributed by atoms with Gasteiger partial charge in [0.2, 0.25) is 5.91 Å². The standard InChI is InChI=1S/C19H23ClN2O/c1-13-8-14(2)19(15(3)9-13)21-18(23)12-22(4)11-16-6-5-7-17(20)10-16/h5-10H,11-12H2,1-4H3,(H,21,23). The summed E-state index contributed by atoms with van der Waals surface area (Å²) in [6.07, 6.45) is 0. The zero-order valence-corrected chi connectivity index (χ0v) is 14.9. The van der Waals surface area contributed by atoms with Gasteiger partial charge in [-0.25, -0.2) is 0 Å². The van der Waals surface area contributed by atoms with Gasteiger partial charge in [0.05, 0.1) is 6.54 Å². The van der Waals surface area contributed by atoms with Crippen LogP contribution < -0.4 is 5.32 Å². The minimum Gasteiger partial charge on any atom is -0.324 e. The molecule has 0 aromatic heterocycles. The van der Waals surface area contributed by atoms with Gasteiger partial charge in [-0.3, -0.25) is 9.69 Å². The quantitative estimate of drug-likeness (QED) is 0.884. The highest BCUT2D eigenvalue weighted by Crippen LogP contribution is 2.21. The lowest BCUT2D eigenvalue weighted by Gasteiger charge is -2.18. The number of carbonyl (C=O) groups is 1. The number of nitrogens with one attached hydrogen (secondary N) is 1. The maximum absolute atomic E-state index is 12.3. The predicted molar refractivity (Wildman–Crippen MR) is 97.1 cm³/mol. The number of nitrogens with zero attached hydrogens (tertiary/aromatic N) is 1. The first kappa shape index (κ1) is 17.5. The first-order valence-electron chi connectivity index (χ1n) is 7.66. The summed E-state index contributed by atoms with van der Waals surface area (Å²) in [5.74, 6) is -0.00965. The summed E-state index contributed by atoms with van der Waals surface area (Å²) < 4.78 is 0. The normalized spacial score (nSPS) is 10.9. The molecule has 0 heterocycles. The van der Waals surface area contributed by atoms with Crippen LogP contribution in [-0.2, 0) is 11.3 Å². The summed E-state index contributed by atoms with van der Waals surface area (Å²) in [5.41, 5.74) is 5.39. The van der Waals surface area contributed by atoms with Crippen molar-refractivity contribution in [2.24, 2.45) is 0 Å². The van der Waals surface area contributed by atoms with Crippen LogP contribution in [-0.4, -0.2) is 24.4 Å². The van der Waals surface area contributed by atoms with Crippen molar-refractivity contribution in [2.75, 3.05) is 18.9 Å². The Bertz CT molecular complexity index is 689. The molecule has 1 amide bonds. The molecule has 0 aliphatic carbocycles. The van der Waals surface area contributed by atoms with Crippen LogP contribution in [0.2, 0.25) is 5.02 Å². The monoisotopic (exact) mass is 330 g/mol. The minimum atomic E-state index is -0.00965. The van der Waals surface area contributed by atoms with Gasteiger partial charge in [-0.05, 0) is 56.6 Å². The van der Waals surface area contributed by atoms with E-state index in [1.807, 2.05) is 50.1 Å². The fraction of sp³-hybridized carbons (Fsp3) is 0.316. The molecule has 0 unspecified atom stereocenters. The molecular formula is C19H23ClN2O. The van der Waals surface area contributed by atoms with Crippen LogP contribution in [0.5, 0.6) is 0 Å². The maximum Gasteiger partial charge on any atom is 0.238 e. The van der Waals surface area contributed by atoms with Gasteiger partial charge in [0.25, 0.3) is 0 Å². The number of rotatable bonds is 5. The van der Waals surface area contributed by atoms with Gasteiger partial charge in [-0.2, -0.15) is 0 Å². The van der Waals surface area contributed by atoms with E-state index in [-0.39, 0.29) is 5.91 Å². The summed E-state index contributed by atoms with van der Waals surface area (Å²) in [4.78, 5) is 14.3. The fourth-order valence-electron chi connectivity index (χ4n) is 2.80. The predicted octanol–water partition coefficient (Wildman–Crippen LogP) is 4.34. The lowest BCUT2D eigenvalue weighted by molar-refractivity contribution is -0.117. The summed E-state index contributed by atoms with van der Waals surface area (Å²) in [7, 11) is 1.93. The molecule has 2 rings (SSSR count). The van der Waals surface area contributed by atoms with Crippen molar-refractivity contribution >= 4 is 23.2 Å². The molecule has 0 aliphatic heterocycles. The smallest absolute Gasteiger partial charge is 0.238 e. The van der Waals surface area contributed by atoms with E-state index in [2.05, 4.69) is 24.4 Å². The average Bonchev–Trinajstić information content (AvgIpc) is 2.42. The molecule has 3 nitrogen and oxygen atoms in total. The molecule has 0 saturated carbocycles. The van der Waals surface area contributed by atoms with E-state index in [4.69, 9.17) is 11.6 Å². The van der Waals surface area contributed by atoms with E-state index >= 15 is 0 Å². The molecule has 2 aromatic carbocycles. The summed E-state index contributed by atoms with van der Waals surface area (Å²) in [6.45, 7) is 7.11. The van der Waals surface area contributed by atoms with E-state index in [0.29, 0.717) is 18.1 Å². The zero-order chi connectivity index (χ0) is 17.0. The Morgan fingerprint density at radius 3 is 2.39 bits per heavy atom. The largest absolute Gasteiger partial charge is 0.324 e. The Morgan fingerprint density at radius 1 is 1.13 bits per heavy atom. The van der Waals surface area contributed by atoms with Crippen molar-refractivity contribution in [3.05, 3.63) is 63.7 Å². The average molecular weight is 331 g/mol. The third-order valence-electron chi connectivity index (χ3n) is 3.70. The van der Waals surface area contributed by atoms with Crippen LogP contribution >= 0.6 is 11.6 Å². The van der Waals surface area contributed by atoms with Crippen molar-refractivity contribution in [3.63, 3.8) is 0 Å². The van der Waals surface area contributed by atoms with Crippen LogP contribution in [0.3, 0.4) is 0 Å². The van der Waals surface area contributed by atoms with Crippen LogP contribution in [0.15, 0.2) is 36.4 Å². The number of anilines is 1. The second-order valence-corrected chi connectivity index (χ2v) is 6.56. The van der Waals surface area contributed by atoms with Crippen LogP contribution in [0, 0.1) is 20.8 Å². The van der Waals surface area contributed by atoms with Gasteiger partial charge in [-0.1, -0.05) is 41.4 Å². The van der Waals surface area contributed by atoms with Gasteiger partial charge < -0.3 is 5.32 Å². The molecule has 0 spiro atoms. The van der Waals surface area contributed by atoms with Crippen molar-refractivity contribution in [1.82, 2.24) is 4.90 Å². The number of halogens is 1. The van der Waals surface area contributed by atoms with Gasteiger partial charge in [0.15, 0.2) is 0 Å². The second kappa shape index (κ2) is 7.62. The minimum absolute atomic E-state index is 0.00965. The molecule has 122 valence electrons. The van der Waals surface area contributed by atoms with Crippen molar-refractivity contribution in [3.8, 4) is 0 Å². The Labute approximate surface area is 143 Å². The van der Waals surface area contributed by atoms with Gasteiger partial charge in [0.1, 0.15) is 0 Å². The molecule has 0 saturated heterocycles. The second-order valence-electron chi connectivity index (χ2n) is 6.12. The maximum atomic E-state index is 12.3. The number of hydrogen-bond acceptors (Lipinski definition) is 2. The lowest BCUT2D eigenvalue weighted by atomic mass is 10.1. The molecule has 1 N–H and O–H groups in total. The summed E-state index contributed by atoms with van der Waals surface area (Å²) in [6, 6.07) is 11.9. The number of carbonyl (C=O) groups excluding carboxylic acids is 1. The third kappa shape index (κ3) is 5.08. The number of benzene rings is 2. The Kier molecular flexibility index (Phi) is 5.80. The molecule has 0 radical (unpaired) electrons. The zero-order valence-electron chi connectivity index (χ0n) is 14.1. The summed E-state index contributed by atoms with van der Waals surface area (Å²) >= 11 is 5.99. The van der Waals surface area contributed by atoms with E-state index in [1.165, 1.54) is 5.56 Å². The molecule has 0 aliphatic rings. The van der Waals surface area contributed by atoms with Crippen molar-refractivity contribution in [1.29, 1.82) is 0 Å². The SMILES string of the molecule is Cc1cc(C)c(NC(=O)CN(C)Cc2cccc(Cl)c2)c(C)c1. The van der Waals surface area contributed by atoms with Crippen molar-refractivity contribution in [2.45, 2.75) is 27.3 Å². The van der Waals surface area contributed by atoms with Gasteiger partial charge in [0, 0.05) is 17.3 Å². The summed E-state index contributed by atoms with van der Waals surface area (Å²) in [5, 5.41) is 3.74. The van der Waals surface area contributed by atoms with E-state index in [9.17, 15) is 4.79 Å². The number of aryl methyl sites for hydroxylation is 3. The third-order valence-corrected chi connectivity index (χ3v) is 3.93. The molecular weight excluding hydrogens is 308 g/mol. The number of hydrogen-bond donors (Lipinski definition) is 1. The molecule has 4 heteroatoms. The molecule has 2 aromatic rings.